The second-order valence-corrected chi connectivity index (χ2v) is 3.69. The van der Waals surface area contributed by atoms with Crippen molar-refractivity contribution in [3.05, 3.63) is 0 Å². The van der Waals surface area contributed by atoms with Crippen LogP contribution < -0.4 is 0 Å². The van der Waals surface area contributed by atoms with Gasteiger partial charge in [0.05, 0.1) is 19.1 Å². The van der Waals surface area contributed by atoms with Crippen LogP contribution in [-0.2, 0) is 9.53 Å². The number of carbonyl (C=O) groups is 1. The molecular weight excluding hydrogens is 180 g/mol. The van der Waals surface area contributed by atoms with E-state index in [2.05, 4.69) is 6.92 Å². The number of esters is 1. The zero-order valence-corrected chi connectivity index (χ0v) is 9.29. The van der Waals surface area contributed by atoms with Crippen molar-refractivity contribution in [3.63, 3.8) is 0 Å². The van der Waals surface area contributed by atoms with E-state index in [0.717, 1.165) is 12.8 Å². The van der Waals surface area contributed by atoms with Crippen molar-refractivity contribution in [2.45, 2.75) is 58.5 Å². The van der Waals surface area contributed by atoms with Gasteiger partial charge in [-0.15, -0.1) is 0 Å². The largest absolute Gasteiger partial charge is 0.466 e. The fourth-order valence-electron chi connectivity index (χ4n) is 1.19. The Morgan fingerprint density at radius 3 is 2.50 bits per heavy atom. The van der Waals surface area contributed by atoms with Crippen LogP contribution in [0, 0.1) is 0 Å². The molecule has 3 heteroatoms. The van der Waals surface area contributed by atoms with Crippen LogP contribution in [-0.4, -0.2) is 23.8 Å². The zero-order chi connectivity index (χ0) is 10.8. The van der Waals surface area contributed by atoms with Gasteiger partial charge < -0.3 is 9.84 Å². The van der Waals surface area contributed by atoms with E-state index in [9.17, 15) is 4.79 Å². The molecule has 0 aliphatic rings. The van der Waals surface area contributed by atoms with Gasteiger partial charge in [-0.25, -0.2) is 0 Å². The van der Waals surface area contributed by atoms with Crippen LogP contribution in [0.15, 0.2) is 0 Å². The fourth-order valence-corrected chi connectivity index (χ4v) is 1.19. The third-order valence-corrected chi connectivity index (χ3v) is 1.97. The van der Waals surface area contributed by atoms with Crippen LogP contribution >= 0.6 is 0 Å². The number of rotatable bonds is 8. The number of unbranched alkanes of at least 4 members (excludes halogenated alkanes) is 4. The summed E-state index contributed by atoms with van der Waals surface area (Å²) in [6, 6.07) is 0. The normalized spacial score (nSPS) is 12.5. The predicted molar refractivity (Wildman–Crippen MR) is 56.0 cm³/mol. The molecule has 0 radical (unpaired) electrons. The van der Waals surface area contributed by atoms with E-state index in [4.69, 9.17) is 9.84 Å². The monoisotopic (exact) mass is 202 g/mol. The third kappa shape index (κ3) is 9.52. The molecule has 1 atom stereocenters. The molecule has 1 unspecified atom stereocenters. The van der Waals surface area contributed by atoms with Crippen molar-refractivity contribution in [2.75, 3.05) is 6.61 Å². The molecule has 0 heterocycles. The minimum absolute atomic E-state index is 0.106. The summed E-state index contributed by atoms with van der Waals surface area (Å²) >= 11 is 0. The average Bonchev–Trinajstić information content (AvgIpc) is 2.10. The van der Waals surface area contributed by atoms with Crippen LogP contribution in [0.4, 0.5) is 0 Å². The molecule has 0 fully saturated rings. The molecule has 0 aromatic carbocycles. The van der Waals surface area contributed by atoms with E-state index in [-0.39, 0.29) is 12.4 Å². The van der Waals surface area contributed by atoms with Gasteiger partial charge in [-0.3, -0.25) is 4.79 Å². The molecule has 84 valence electrons. The van der Waals surface area contributed by atoms with Gasteiger partial charge in [-0.05, 0) is 13.3 Å². The number of carbonyl (C=O) groups excluding carboxylic acids is 1. The first-order valence-electron chi connectivity index (χ1n) is 5.50. The summed E-state index contributed by atoms with van der Waals surface area (Å²) in [5.41, 5.74) is 0. The predicted octanol–water partition coefficient (Wildman–Crippen LogP) is 2.27. The number of aliphatic hydroxyl groups is 1. The highest BCUT2D eigenvalue weighted by atomic mass is 16.5. The van der Waals surface area contributed by atoms with E-state index in [1.807, 2.05) is 0 Å². The molecule has 14 heavy (non-hydrogen) atoms. The molecule has 0 bridgehead atoms. The summed E-state index contributed by atoms with van der Waals surface area (Å²) in [5, 5.41) is 8.89. The summed E-state index contributed by atoms with van der Waals surface area (Å²) in [6.07, 6.45) is 5.26. The molecule has 0 aliphatic carbocycles. The fraction of sp³-hybridized carbons (Fsp3) is 0.909. The molecule has 0 amide bonds. The van der Waals surface area contributed by atoms with Gasteiger partial charge in [-0.2, -0.15) is 0 Å². The Labute approximate surface area is 86.5 Å². The molecule has 0 saturated heterocycles. The number of hydrogen-bond acceptors (Lipinski definition) is 3. The molecule has 3 nitrogen and oxygen atoms in total. The second kappa shape index (κ2) is 9.00. The quantitative estimate of drug-likeness (QED) is 0.485. The number of hydrogen-bond donors (Lipinski definition) is 1. The second-order valence-electron chi connectivity index (χ2n) is 3.69. The molecular formula is C11H22O3. The van der Waals surface area contributed by atoms with Gasteiger partial charge >= 0.3 is 5.97 Å². The molecule has 0 aliphatic heterocycles. The van der Waals surface area contributed by atoms with Crippen LogP contribution in [0.2, 0.25) is 0 Å². The Balaban J connectivity index is 3.15. The van der Waals surface area contributed by atoms with E-state index >= 15 is 0 Å². The lowest BCUT2D eigenvalue weighted by atomic mass is 10.2. The van der Waals surface area contributed by atoms with Gasteiger partial charge in [0, 0.05) is 0 Å². The van der Waals surface area contributed by atoms with Crippen LogP contribution in [0.3, 0.4) is 0 Å². The topological polar surface area (TPSA) is 46.5 Å². The average molecular weight is 202 g/mol. The number of ether oxygens (including phenoxy) is 1. The van der Waals surface area contributed by atoms with Gasteiger partial charge in [0.25, 0.3) is 0 Å². The highest BCUT2D eigenvalue weighted by Gasteiger charge is 2.06. The van der Waals surface area contributed by atoms with E-state index in [1.165, 1.54) is 19.3 Å². The van der Waals surface area contributed by atoms with Gasteiger partial charge in [0.2, 0.25) is 0 Å². The maximum absolute atomic E-state index is 11.0. The Bertz CT molecular complexity index is 143. The summed E-state index contributed by atoms with van der Waals surface area (Å²) in [4.78, 5) is 11.0. The summed E-state index contributed by atoms with van der Waals surface area (Å²) < 4.78 is 4.93. The van der Waals surface area contributed by atoms with E-state index < -0.39 is 6.10 Å². The number of aliphatic hydroxyl groups excluding tert-OH is 1. The Kier molecular flexibility index (Phi) is 8.64. The smallest absolute Gasteiger partial charge is 0.308 e. The molecule has 1 N–H and O–H groups in total. The minimum Gasteiger partial charge on any atom is -0.466 e. The van der Waals surface area contributed by atoms with Crippen molar-refractivity contribution in [3.8, 4) is 0 Å². The first kappa shape index (κ1) is 13.4. The van der Waals surface area contributed by atoms with Gasteiger partial charge in [-0.1, -0.05) is 32.6 Å². The van der Waals surface area contributed by atoms with Crippen LogP contribution in [0.1, 0.15) is 52.4 Å². The Morgan fingerprint density at radius 1 is 1.29 bits per heavy atom. The molecule has 0 aromatic heterocycles. The van der Waals surface area contributed by atoms with Crippen LogP contribution in [0.5, 0.6) is 0 Å². The van der Waals surface area contributed by atoms with E-state index in [1.54, 1.807) is 6.92 Å². The lowest BCUT2D eigenvalue weighted by Crippen LogP contribution is -2.13. The van der Waals surface area contributed by atoms with Gasteiger partial charge in [0.15, 0.2) is 0 Å². The lowest BCUT2D eigenvalue weighted by molar-refractivity contribution is -0.145. The van der Waals surface area contributed by atoms with Crippen molar-refractivity contribution >= 4 is 5.97 Å². The van der Waals surface area contributed by atoms with Crippen molar-refractivity contribution < 1.29 is 14.6 Å². The molecule has 0 saturated carbocycles. The third-order valence-electron chi connectivity index (χ3n) is 1.97. The van der Waals surface area contributed by atoms with Crippen molar-refractivity contribution in [1.82, 2.24) is 0 Å². The molecule has 0 aromatic rings. The summed E-state index contributed by atoms with van der Waals surface area (Å²) in [6.45, 7) is 4.25. The first-order valence-corrected chi connectivity index (χ1v) is 5.50. The van der Waals surface area contributed by atoms with Crippen LogP contribution in [0.25, 0.3) is 0 Å². The molecule has 0 spiro atoms. The summed E-state index contributed by atoms with van der Waals surface area (Å²) in [5.74, 6) is -0.296. The van der Waals surface area contributed by atoms with Crippen molar-refractivity contribution in [1.29, 1.82) is 0 Å². The maximum Gasteiger partial charge on any atom is 0.308 e. The maximum atomic E-state index is 11.0. The zero-order valence-electron chi connectivity index (χ0n) is 9.29. The molecule has 0 rings (SSSR count). The lowest BCUT2D eigenvalue weighted by Gasteiger charge is -2.05. The Morgan fingerprint density at radius 2 is 1.93 bits per heavy atom. The minimum atomic E-state index is -0.595. The highest BCUT2D eigenvalue weighted by molar-refractivity contribution is 5.69. The standard InChI is InChI=1S/C11H22O3/c1-3-4-5-6-7-8-14-11(13)9-10(2)12/h10,12H,3-9H2,1-2H3. The SMILES string of the molecule is CCCCCCCOC(=O)CC(C)O. The van der Waals surface area contributed by atoms with E-state index in [0.29, 0.717) is 6.61 Å². The van der Waals surface area contributed by atoms with Gasteiger partial charge in [0.1, 0.15) is 0 Å². The highest BCUT2D eigenvalue weighted by Crippen LogP contribution is 2.03. The first-order chi connectivity index (χ1) is 6.66. The van der Waals surface area contributed by atoms with Crippen molar-refractivity contribution in [2.24, 2.45) is 0 Å². The Hall–Kier alpha value is -0.570. The summed E-state index contributed by atoms with van der Waals surface area (Å²) in [7, 11) is 0.